The molecule has 0 spiro atoms. The first-order chi connectivity index (χ1) is 9.93. The van der Waals surface area contributed by atoms with Crippen molar-refractivity contribution in [3.8, 4) is 11.6 Å². The zero-order valence-corrected chi connectivity index (χ0v) is 12.3. The summed E-state index contributed by atoms with van der Waals surface area (Å²) in [5, 5.41) is 0. The fraction of sp³-hybridized carbons (Fsp3) is 0.286. The van der Waals surface area contributed by atoms with Gasteiger partial charge in [0.2, 0.25) is 5.88 Å². The van der Waals surface area contributed by atoms with Gasteiger partial charge in [0, 0.05) is 12.0 Å². The van der Waals surface area contributed by atoms with Crippen LogP contribution < -0.4 is 4.74 Å². The van der Waals surface area contributed by atoms with Crippen LogP contribution in [0.3, 0.4) is 0 Å². The number of benzene rings is 1. The molecule has 1 heterocycles. The molecule has 1 saturated carbocycles. The van der Waals surface area contributed by atoms with Crippen molar-refractivity contribution in [1.29, 1.82) is 0 Å². The Labute approximate surface area is 127 Å². The van der Waals surface area contributed by atoms with Gasteiger partial charge in [0.1, 0.15) is 16.2 Å². The van der Waals surface area contributed by atoms with Crippen molar-refractivity contribution in [2.75, 3.05) is 0 Å². The average Bonchev–Trinajstić information content (AvgIpc) is 3.21. The quantitative estimate of drug-likeness (QED) is 0.729. The highest BCUT2D eigenvalue weighted by Crippen LogP contribution is 2.41. The van der Waals surface area contributed by atoms with Crippen LogP contribution in [0, 0.1) is 0 Å². The molecule has 3 nitrogen and oxygen atoms in total. The van der Waals surface area contributed by atoms with E-state index >= 15 is 0 Å². The number of halogens is 4. The second-order valence-corrected chi connectivity index (χ2v) is 5.57. The van der Waals surface area contributed by atoms with Gasteiger partial charge in [-0.05, 0) is 40.9 Å². The molecule has 1 aliphatic rings. The summed E-state index contributed by atoms with van der Waals surface area (Å²) in [4.78, 5) is 8.40. The minimum absolute atomic E-state index is 0.107. The summed E-state index contributed by atoms with van der Waals surface area (Å²) in [6.07, 6.45) is -2.48. The van der Waals surface area contributed by atoms with Crippen molar-refractivity contribution in [2.45, 2.75) is 24.9 Å². The smallest absolute Gasteiger partial charge is 0.419 e. The molecule has 7 heteroatoms. The molecule has 3 rings (SSSR count). The van der Waals surface area contributed by atoms with Crippen LogP contribution in [0.15, 0.2) is 34.9 Å². The third-order valence-electron chi connectivity index (χ3n) is 3.04. The van der Waals surface area contributed by atoms with E-state index in [4.69, 9.17) is 4.74 Å². The van der Waals surface area contributed by atoms with Gasteiger partial charge in [-0.15, -0.1) is 0 Å². The number of nitrogens with zero attached hydrogens (tertiary/aromatic N) is 2. The first-order valence-corrected chi connectivity index (χ1v) is 7.11. The van der Waals surface area contributed by atoms with E-state index in [1.807, 2.05) is 0 Å². The topological polar surface area (TPSA) is 35.0 Å². The van der Waals surface area contributed by atoms with Crippen LogP contribution >= 0.6 is 15.9 Å². The van der Waals surface area contributed by atoms with Crippen molar-refractivity contribution in [3.05, 3.63) is 46.3 Å². The molecule has 1 aliphatic carbocycles. The van der Waals surface area contributed by atoms with Crippen LogP contribution in [0.5, 0.6) is 11.6 Å². The molecule has 0 unspecified atom stereocenters. The molecule has 0 atom stereocenters. The zero-order chi connectivity index (χ0) is 15.0. The predicted molar refractivity (Wildman–Crippen MR) is 73.2 cm³/mol. The number of hydrogen-bond acceptors (Lipinski definition) is 3. The molecule has 1 aromatic carbocycles. The van der Waals surface area contributed by atoms with E-state index in [9.17, 15) is 13.2 Å². The SMILES string of the molecule is FC(F)(F)c1ccccc1Oc1cc(Br)nc(C2CC2)n1. The number of ether oxygens (including phenoxy) is 1. The number of rotatable bonds is 3. The zero-order valence-electron chi connectivity index (χ0n) is 10.7. The van der Waals surface area contributed by atoms with Gasteiger partial charge in [-0.1, -0.05) is 12.1 Å². The standard InChI is InChI=1S/C14H10BrF3N2O/c15-11-7-12(20-13(19-11)8-5-6-8)21-10-4-2-1-3-9(10)14(16,17)18/h1-4,7-8H,5-6H2. The largest absolute Gasteiger partial charge is 0.438 e. The van der Waals surface area contributed by atoms with Gasteiger partial charge in [-0.25, -0.2) is 4.98 Å². The lowest BCUT2D eigenvalue weighted by molar-refractivity contribution is -0.138. The Morgan fingerprint density at radius 3 is 2.52 bits per heavy atom. The molecule has 21 heavy (non-hydrogen) atoms. The second-order valence-electron chi connectivity index (χ2n) is 4.76. The third kappa shape index (κ3) is 3.34. The van der Waals surface area contributed by atoms with Crippen LogP contribution in [0.2, 0.25) is 0 Å². The Balaban J connectivity index is 1.94. The molecule has 1 fully saturated rings. The van der Waals surface area contributed by atoms with Gasteiger partial charge in [0.15, 0.2) is 0 Å². The number of alkyl halides is 3. The number of para-hydroxylation sites is 1. The van der Waals surface area contributed by atoms with E-state index in [1.165, 1.54) is 24.3 Å². The van der Waals surface area contributed by atoms with Crippen LogP contribution in [0.4, 0.5) is 13.2 Å². The summed E-state index contributed by atoms with van der Waals surface area (Å²) >= 11 is 3.23. The van der Waals surface area contributed by atoms with Crippen LogP contribution in [-0.2, 0) is 6.18 Å². The number of hydrogen-bond donors (Lipinski definition) is 0. The van der Waals surface area contributed by atoms with Gasteiger partial charge in [0.05, 0.1) is 5.56 Å². The Hall–Kier alpha value is -1.63. The molecule has 2 aromatic rings. The maximum atomic E-state index is 12.9. The van der Waals surface area contributed by atoms with Crippen molar-refractivity contribution >= 4 is 15.9 Å². The van der Waals surface area contributed by atoms with E-state index in [0.29, 0.717) is 10.4 Å². The lowest BCUT2D eigenvalue weighted by atomic mass is 10.2. The lowest BCUT2D eigenvalue weighted by Gasteiger charge is -2.13. The highest BCUT2D eigenvalue weighted by Gasteiger charge is 2.34. The molecule has 0 N–H and O–H groups in total. The minimum atomic E-state index is -4.47. The minimum Gasteiger partial charge on any atom is -0.438 e. The first-order valence-electron chi connectivity index (χ1n) is 6.32. The van der Waals surface area contributed by atoms with Crippen LogP contribution in [0.25, 0.3) is 0 Å². The maximum Gasteiger partial charge on any atom is 0.419 e. The van der Waals surface area contributed by atoms with Gasteiger partial charge < -0.3 is 4.74 Å². The van der Waals surface area contributed by atoms with Gasteiger partial charge in [-0.2, -0.15) is 18.2 Å². The van der Waals surface area contributed by atoms with Gasteiger partial charge >= 0.3 is 6.18 Å². The summed E-state index contributed by atoms with van der Waals surface area (Å²) < 4.78 is 44.6. The molecule has 0 saturated heterocycles. The van der Waals surface area contributed by atoms with Crippen molar-refractivity contribution in [1.82, 2.24) is 9.97 Å². The second kappa shape index (κ2) is 5.29. The molecule has 0 radical (unpaired) electrons. The van der Waals surface area contributed by atoms with Gasteiger partial charge in [0.25, 0.3) is 0 Å². The summed E-state index contributed by atoms with van der Waals surface area (Å²) in [5.74, 6) is 0.722. The van der Waals surface area contributed by atoms with Crippen molar-refractivity contribution < 1.29 is 17.9 Å². The summed E-state index contributed by atoms with van der Waals surface area (Å²) in [7, 11) is 0. The first kappa shape index (κ1) is 14.3. The fourth-order valence-corrected chi connectivity index (χ4v) is 2.27. The summed E-state index contributed by atoms with van der Waals surface area (Å²) in [6, 6.07) is 6.52. The third-order valence-corrected chi connectivity index (χ3v) is 3.44. The number of aromatic nitrogens is 2. The van der Waals surface area contributed by atoms with E-state index in [-0.39, 0.29) is 17.5 Å². The fourth-order valence-electron chi connectivity index (χ4n) is 1.89. The Morgan fingerprint density at radius 1 is 1.14 bits per heavy atom. The molecule has 1 aromatic heterocycles. The molecular formula is C14H10BrF3N2O. The van der Waals surface area contributed by atoms with Gasteiger partial charge in [-0.3, -0.25) is 0 Å². The summed E-state index contributed by atoms with van der Waals surface area (Å²) in [5.41, 5.74) is -0.826. The highest BCUT2D eigenvalue weighted by atomic mass is 79.9. The van der Waals surface area contributed by atoms with Crippen LogP contribution in [-0.4, -0.2) is 9.97 Å². The van der Waals surface area contributed by atoms with Crippen LogP contribution in [0.1, 0.15) is 30.1 Å². The predicted octanol–water partition coefficient (Wildman–Crippen LogP) is 4.93. The van der Waals surface area contributed by atoms with Crippen molar-refractivity contribution in [2.24, 2.45) is 0 Å². The molecule has 110 valence electrons. The van der Waals surface area contributed by atoms with E-state index in [2.05, 4.69) is 25.9 Å². The normalized spacial score (nSPS) is 15.0. The maximum absolute atomic E-state index is 12.9. The van der Waals surface area contributed by atoms with E-state index in [1.54, 1.807) is 0 Å². The molecule has 0 bridgehead atoms. The molecular weight excluding hydrogens is 349 g/mol. The lowest BCUT2D eigenvalue weighted by Crippen LogP contribution is -2.07. The van der Waals surface area contributed by atoms with Crippen molar-refractivity contribution in [3.63, 3.8) is 0 Å². The Morgan fingerprint density at radius 2 is 1.86 bits per heavy atom. The molecule has 0 amide bonds. The summed E-state index contributed by atoms with van der Waals surface area (Å²) in [6.45, 7) is 0. The molecule has 0 aliphatic heterocycles. The Bertz CT molecular complexity index is 672. The Kier molecular flexibility index (Phi) is 3.61. The van der Waals surface area contributed by atoms with E-state index in [0.717, 1.165) is 18.9 Å². The van der Waals surface area contributed by atoms with E-state index < -0.39 is 11.7 Å². The average molecular weight is 359 g/mol. The highest BCUT2D eigenvalue weighted by molar-refractivity contribution is 9.10. The monoisotopic (exact) mass is 358 g/mol.